The molecule has 1 aliphatic rings. The maximum Gasteiger partial charge on any atom is 0.122 e. The van der Waals surface area contributed by atoms with Gasteiger partial charge in [0, 0.05) is 5.41 Å². The molecule has 1 aliphatic carbocycles. The Kier molecular flexibility index (Phi) is 9.78. The summed E-state index contributed by atoms with van der Waals surface area (Å²) < 4.78 is 17.8. The predicted molar refractivity (Wildman–Crippen MR) is 205 cm³/mol. The van der Waals surface area contributed by atoms with Crippen molar-refractivity contribution in [3.63, 3.8) is 0 Å². The molecule has 3 N–H and O–H groups in total. The zero-order valence-corrected chi connectivity index (χ0v) is 29.7. The van der Waals surface area contributed by atoms with Crippen LogP contribution in [0.25, 0.3) is 11.1 Å². The Hall–Kier alpha value is -5.56. The van der Waals surface area contributed by atoms with Crippen LogP contribution in [0.2, 0.25) is 0 Å². The van der Waals surface area contributed by atoms with Gasteiger partial charge in [-0.3, -0.25) is 0 Å². The number of aliphatic hydroxyl groups excluding tert-OH is 2. The Morgan fingerprint density at radius 2 is 0.904 bits per heavy atom. The number of hydrogen-bond acceptors (Lipinski definition) is 6. The van der Waals surface area contributed by atoms with E-state index in [-0.39, 0.29) is 31.0 Å². The first-order valence-corrected chi connectivity index (χ1v) is 17.7. The summed E-state index contributed by atoms with van der Waals surface area (Å²) >= 11 is 0. The van der Waals surface area contributed by atoms with Crippen molar-refractivity contribution in [2.45, 2.75) is 43.8 Å². The van der Waals surface area contributed by atoms with Gasteiger partial charge in [0.25, 0.3) is 0 Å². The highest BCUT2D eigenvalue weighted by molar-refractivity contribution is 5.86. The average molecular weight is 693 g/mol. The van der Waals surface area contributed by atoms with E-state index in [1.165, 1.54) is 22.3 Å². The van der Waals surface area contributed by atoms with Crippen molar-refractivity contribution in [1.29, 1.82) is 0 Å². The van der Waals surface area contributed by atoms with E-state index >= 15 is 0 Å². The summed E-state index contributed by atoms with van der Waals surface area (Å²) in [6.07, 6.45) is -1.38. The molecule has 2 atom stereocenters. The minimum atomic E-state index is -0.831. The van der Waals surface area contributed by atoms with Crippen LogP contribution in [0.3, 0.4) is 0 Å². The minimum Gasteiger partial charge on any atom is -0.508 e. The van der Waals surface area contributed by atoms with Gasteiger partial charge in [-0.05, 0) is 100.0 Å². The lowest BCUT2D eigenvalue weighted by Crippen LogP contribution is -2.28. The van der Waals surface area contributed by atoms with Crippen molar-refractivity contribution in [3.8, 4) is 34.1 Å². The van der Waals surface area contributed by atoms with Crippen LogP contribution in [-0.2, 0) is 10.8 Å². The van der Waals surface area contributed by atoms with Gasteiger partial charge in [-0.25, -0.2) is 0 Å². The van der Waals surface area contributed by atoms with E-state index in [9.17, 15) is 15.3 Å². The lowest BCUT2D eigenvalue weighted by atomic mass is 9.68. The molecule has 6 aromatic carbocycles. The number of fused-ring (bicyclic) bond motifs is 3. The third-order valence-corrected chi connectivity index (χ3v) is 10.1. The topological polar surface area (TPSA) is 88.4 Å². The van der Waals surface area contributed by atoms with Crippen molar-refractivity contribution in [1.82, 2.24) is 0 Å². The molecule has 0 saturated heterocycles. The summed E-state index contributed by atoms with van der Waals surface area (Å²) in [6.45, 7) is 6.39. The third kappa shape index (κ3) is 6.75. The molecule has 0 spiro atoms. The monoisotopic (exact) mass is 692 g/mol. The summed E-state index contributed by atoms with van der Waals surface area (Å²) in [5.74, 6) is 2.27. The van der Waals surface area contributed by atoms with Crippen molar-refractivity contribution in [3.05, 3.63) is 179 Å². The van der Waals surface area contributed by atoms with Gasteiger partial charge in [0.05, 0.1) is 11.5 Å². The molecule has 0 radical (unpaired) electrons. The quantitative estimate of drug-likeness (QED) is 0.112. The number of phenolic OH excluding ortho intramolecular Hbond substituents is 1. The van der Waals surface area contributed by atoms with Crippen LogP contribution in [0.5, 0.6) is 23.0 Å². The molecule has 6 nitrogen and oxygen atoms in total. The Bertz CT molecular complexity index is 2050. The van der Waals surface area contributed by atoms with E-state index in [0.717, 1.165) is 22.3 Å². The van der Waals surface area contributed by atoms with Gasteiger partial charge in [-0.2, -0.15) is 0 Å². The van der Waals surface area contributed by atoms with E-state index in [1.807, 2.05) is 60.7 Å². The van der Waals surface area contributed by atoms with Gasteiger partial charge < -0.3 is 29.5 Å². The number of benzene rings is 6. The summed E-state index contributed by atoms with van der Waals surface area (Å²) in [6, 6.07) is 48.6. The molecular formula is C46H44O6. The van der Waals surface area contributed by atoms with Crippen LogP contribution in [0.1, 0.15) is 54.2 Å². The molecule has 0 heterocycles. The Labute approximate surface area is 305 Å². The van der Waals surface area contributed by atoms with E-state index in [2.05, 4.69) is 86.6 Å². The number of aromatic hydroxyl groups is 1. The van der Waals surface area contributed by atoms with Gasteiger partial charge in [0.1, 0.15) is 48.9 Å². The van der Waals surface area contributed by atoms with Gasteiger partial charge in [-0.1, -0.05) is 111 Å². The highest BCUT2D eigenvalue weighted by Gasteiger charge is 2.45. The molecule has 0 bridgehead atoms. The number of rotatable bonds is 13. The van der Waals surface area contributed by atoms with Crippen molar-refractivity contribution in [2.75, 3.05) is 19.8 Å². The van der Waals surface area contributed by atoms with E-state index in [4.69, 9.17) is 14.2 Å². The SMILES string of the molecule is CC(O)COc1ccc(C2(c3ccc(OCC(O)COc4ccc(C(C)(C)c5ccc(O)cc5)cc4)cc3)c3ccccc3-c3ccccc32)cc1. The fourth-order valence-electron chi connectivity index (χ4n) is 7.29. The fourth-order valence-corrected chi connectivity index (χ4v) is 7.29. The number of hydrogen-bond donors (Lipinski definition) is 3. The first kappa shape index (κ1) is 34.9. The highest BCUT2D eigenvalue weighted by Crippen LogP contribution is 2.56. The second-order valence-electron chi connectivity index (χ2n) is 14.0. The Morgan fingerprint density at radius 3 is 1.35 bits per heavy atom. The van der Waals surface area contributed by atoms with Crippen molar-refractivity contribution >= 4 is 0 Å². The smallest absolute Gasteiger partial charge is 0.122 e. The Morgan fingerprint density at radius 1 is 0.519 bits per heavy atom. The zero-order valence-electron chi connectivity index (χ0n) is 29.7. The van der Waals surface area contributed by atoms with Gasteiger partial charge >= 0.3 is 0 Å². The zero-order chi connectivity index (χ0) is 36.3. The van der Waals surface area contributed by atoms with Crippen LogP contribution in [-0.4, -0.2) is 47.3 Å². The summed E-state index contributed by atoms with van der Waals surface area (Å²) in [5.41, 5.74) is 8.39. The maximum atomic E-state index is 10.8. The molecule has 6 aromatic rings. The Balaban J connectivity index is 1.06. The molecule has 52 heavy (non-hydrogen) atoms. The van der Waals surface area contributed by atoms with E-state index in [1.54, 1.807) is 19.1 Å². The molecule has 0 aromatic heterocycles. The molecule has 0 fully saturated rings. The summed E-state index contributed by atoms with van der Waals surface area (Å²) in [7, 11) is 0. The largest absolute Gasteiger partial charge is 0.508 e. The van der Waals surface area contributed by atoms with E-state index in [0.29, 0.717) is 17.2 Å². The number of aliphatic hydroxyl groups is 2. The normalized spacial score (nSPS) is 14.2. The van der Waals surface area contributed by atoms with Gasteiger partial charge in [0.2, 0.25) is 0 Å². The second kappa shape index (κ2) is 14.6. The standard InChI is InChI=1S/C46H44O6/c1-31(47)28-50-38-24-16-34(17-25-38)46(43-10-6-4-8-41(43)42-9-5-7-11-44(42)46)35-18-26-40(27-19-35)52-30-37(49)29-51-39-22-14-33(15-23-39)45(2,3)32-12-20-36(48)21-13-32/h4-27,31,37,47-49H,28-30H2,1-3H3. The molecule has 0 saturated carbocycles. The lowest BCUT2D eigenvalue weighted by molar-refractivity contribution is 0.0626. The van der Waals surface area contributed by atoms with Crippen LogP contribution in [0, 0.1) is 0 Å². The average Bonchev–Trinajstić information content (AvgIpc) is 3.47. The van der Waals surface area contributed by atoms with Crippen LogP contribution < -0.4 is 14.2 Å². The molecule has 264 valence electrons. The second-order valence-corrected chi connectivity index (χ2v) is 14.0. The van der Waals surface area contributed by atoms with Crippen LogP contribution in [0.15, 0.2) is 146 Å². The van der Waals surface area contributed by atoms with E-state index < -0.39 is 17.6 Å². The summed E-state index contributed by atoms with van der Waals surface area (Å²) in [4.78, 5) is 0. The summed E-state index contributed by atoms with van der Waals surface area (Å²) in [5, 5.41) is 30.2. The third-order valence-electron chi connectivity index (χ3n) is 10.1. The first-order valence-electron chi connectivity index (χ1n) is 17.7. The number of phenols is 1. The lowest BCUT2D eigenvalue weighted by Gasteiger charge is -2.34. The van der Waals surface area contributed by atoms with Crippen LogP contribution >= 0.6 is 0 Å². The highest BCUT2D eigenvalue weighted by atomic mass is 16.5. The predicted octanol–water partition coefficient (Wildman–Crippen LogP) is 8.66. The minimum absolute atomic E-state index is 0.0794. The molecule has 6 heteroatoms. The van der Waals surface area contributed by atoms with Gasteiger partial charge in [-0.15, -0.1) is 0 Å². The maximum absolute atomic E-state index is 10.8. The molecule has 0 amide bonds. The molecule has 0 aliphatic heterocycles. The fraction of sp³-hybridized carbons (Fsp3) is 0.217. The van der Waals surface area contributed by atoms with Crippen molar-refractivity contribution < 1.29 is 29.5 Å². The first-order chi connectivity index (χ1) is 25.2. The van der Waals surface area contributed by atoms with Crippen LogP contribution in [0.4, 0.5) is 0 Å². The van der Waals surface area contributed by atoms with Gasteiger partial charge in [0.15, 0.2) is 0 Å². The van der Waals surface area contributed by atoms with Crippen molar-refractivity contribution in [2.24, 2.45) is 0 Å². The molecular weight excluding hydrogens is 649 g/mol. The number of ether oxygens (including phenoxy) is 3. The molecule has 2 unspecified atom stereocenters. The molecule has 7 rings (SSSR count).